The molecule has 0 N–H and O–H groups in total. The summed E-state index contributed by atoms with van der Waals surface area (Å²) in [6.45, 7) is 0.764. The molecule has 0 bridgehead atoms. The third-order valence-corrected chi connectivity index (χ3v) is 4.32. The van der Waals surface area contributed by atoms with Crippen molar-refractivity contribution in [3.63, 3.8) is 0 Å². The van der Waals surface area contributed by atoms with E-state index in [-0.39, 0.29) is 11.3 Å². The molecule has 0 amide bonds. The summed E-state index contributed by atoms with van der Waals surface area (Å²) >= 11 is 0. The van der Waals surface area contributed by atoms with E-state index < -0.39 is 12.4 Å². The molecule has 0 radical (unpaired) electrons. The normalized spacial score (nSPS) is 11.6. The van der Waals surface area contributed by atoms with E-state index in [2.05, 4.69) is 11.7 Å². The van der Waals surface area contributed by atoms with E-state index >= 15 is 0 Å². The number of halogens is 3. The van der Waals surface area contributed by atoms with Crippen LogP contribution in [0.3, 0.4) is 0 Å². The summed E-state index contributed by atoms with van der Waals surface area (Å²) in [6, 6.07) is 14.8. The summed E-state index contributed by atoms with van der Waals surface area (Å²) in [5.74, 6) is -0.731. The molecule has 0 heterocycles. The number of alkyl halides is 2. The minimum absolute atomic E-state index is 0.0281. The van der Waals surface area contributed by atoms with Crippen molar-refractivity contribution in [1.29, 1.82) is 0 Å². The molecule has 0 saturated heterocycles. The summed E-state index contributed by atoms with van der Waals surface area (Å²) in [7, 11) is 0. The van der Waals surface area contributed by atoms with Crippen LogP contribution in [0.1, 0.15) is 25.0 Å². The average molecular weight is 356 g/mol. The van der Waals surface area contributed by atoms with Crippen molar-refractivity contribution in [2.24, 2.45) is 0 Å². The van der Waals surface area contributed by atoms with Gasteiger partial charge in [-0.1, -0.05) is 55.5 Å². The summed E-state index contributed by atoms with van der Waals surface area (Å²) in [5.41, 5.74) is 3.13. The maximum absolute atomic E-state index is 14.8. The number of fused-ring (bicyclic) bond motifs is 1. The molecule has 3 aromatic carbocycles. The Hall–Kier alpha value is -2.75. The smallest absolute Gasteiger partial charge is 0.387 e. The van der Waals surface area contributed by atoms with E-state index in [1.807, 2.05) is 30.3 Å². The SMILES string of the molecule is C/C=C/c1c(OC(F)F)cc2cc(-c3ccc(CC)cc3)ccc2c1F. The zero-order valence-electron chi connectivity index (χ0n) is 14.6. The first-order chi connectivity index (χ1) is 12.5. The molecule has 134 valence electrons. The Balaban J connectivity index is 2.14. The molecule has 3 aromatic rings. The van der Waals surface area contributed by atoms with Gasteiger partial charge in [-0.3, -0.25) is 0 Å². The topological polar surface area (TPSA) is 9.23 Å². The molecule has 0 saturated carbocycles. The van der Waals surface area contributed by atoms with Crippen LogP contribution in [0.25, 0.3) is 28.0 Å². The summed E-state index contributed by atoms with van der Waals surface area (Å²) in [4.78, 5) is 0. The second kappa shape index (κ2) is 7.65. The van der Waals surface area contributed by atoms with E-state index in [4.69, 9.17) is 0 Å². The molecule has 1 nitrogen and oxygen atoms in total. The minimum Gasteiger partial charge on any atom is -0.434 e. The molecular formula is C22H19F3O. The standard InChI is InChI=1S/C22H19F3O/c1-3-5-19-20(26-22(24)25)13-17-12-16(10-11-18(17)21(19)23)15-8-6-14(4-2)7-9-15/h3,5-13,22H,4H2,1-2H3/b5-3+. The monoisotopic (exact) mass is 356 g/mol. The van der Waals surface area contributed by atoms with Crippen LogP contribution in [-0.4, -0.2) is 6.61 Å². The zero-order chi connectivity index (χ0) is 18.7. The lowest BCUT2D eigenvalue weighted by Gasteiger charge is -2.13. The number of benzene rings is 3. The number of rotatable bonds is 5. The van der Waals surface area contributed by atoms with Gasteiger partial charge in [0.1, 0.15) is 11.6 Å². The van der Waals surface area contributed by atoms with Gasteiger partial charge in [0.05, 0.1) is 5.56 Å². The Labute approximate surface area is 150 Å². The van der Waals surface area contributed by atoms with E-state index in [0.29, 0.717) is 10.8 Å². The second-order valence-electron chi connectivity index (χ2n) is 5.97. The number of ether oxygens (including phenoxy) is 1. The third kappa shape index (κ3) is 3.59. The van der Waals surface area contributed by atoms with Gasteiger partial charge in [-0.15, -0.1) is 0 Å². The van der Waals surface area contributed by atoms with Gasteiger partial charge in [-0.25, -0.2) is 4.39 Å². The first-order valence-electron chi connectivity index (χ1n) is 8.46. The van der Waals surface area contributed by atoms with Crippen LogP contribution < -0.4 is 4.74 Å². The fourth-order valence-electron chi connectivity index (χ4n) is 2.98. The molecule has 0 spiro atoms. The highest BCUT2D eigenvalue weighted by molar-refractivity contribution is 5.91. The number of allylic oxidation sites excluding steroid dienone is 1. The molecule has 0 aliphatic rings. The van der Waals surface area contributed by atoms with Crippen LogP contribution in [0, 0.1) is 5.82 Å². The van der Waals surface area contributed by atoms with Gasteiger partial charge >= 0.3 is 6.61 Å². The lowest BCUT2D eigenvalue weighted by atomic mass is 9.98. The predicted octanol–water partition coefficient (Wildman–Crippen LogP) is 6.84. The van der Waals surface area contributed by atoms with Crippen molar-refractivity contribution in [2.45, 2.75) is 26.9 Å². The minimum atomic E-state index is -3.01. The van der Waals surface area contributed by atoms with Crippen molar-refractivity contribution in [3.05, 3.63) is 71.6 Å². The lowest BCUT2D eigenvalue weighted by Crippen LogP contribution is -2.04. The van der Waals surface area contributed by atoms with Gasteiger partial charge in [0.2, 0.25) is 0 Å². The Morgan fingerprint density at radius 3 is 2.31 bits per heavy atom. The fraction of sp³-hybridized carbons (Fsp3) is 0.182. The Bertz CT molecular complexity index is 944. The fourth-order valence-corrected chi connectivity index (χ4v) is 2.98. The Morgan fingerprint density at radius 1 is 1.00 bits per heavy atom. The van der Waals surface area contributed by atoms with Crippen molar-refractivity contribution < 1.29 is 17.9 Å². The highest BCUT2D eigenvalue weighted by Crippen LogP contribution is 2.34. The number of hydrogen-bond donors (Lipinski definition) is 0. The average Bonchev–Trinajstić information content (AvgIpc) is 2.64. The van der Waals surface area contributed by atoms with Crippen LogP contribution in [0.4, 0.5) is 13.2 Å². The van der Waals surface area contributed by atoms with Crippen molar-refractivity contribution in [3.8, 4) is 16.9 Å². The quantitative estimate of drug-likeness (QED) is 0.486. The summed E-state index contributed by atoms with van der Waals surface area (Å²) in [5, 5.41) is 0.886. The summed E-state index contributed by atoms with van der Waals surface area (Å²) in [6.07, 6.45) is 3.97. The van der Waals surface area contributed by atoms with Crippen LogP contribution in [0.5, 0.6) is 5.75 Å². The molecule has 3 rings (SSSR count). The summed E-state index contributed by atoms with van der Waals surface area (Å²) < 4.78 is 44.8. The van der Waals surface area contributed by atoms with Crippen LogP contribution in [-0.2, 0) is 6.42 Å². The van der Waals surface area contributed by atoms with E-state index in [9.17, 15) is 13.2 Å². The van der Waals surface area contributed by atoms with Crippen LogP contribution in [0.2, 0.25) is 0 Å². The Morgan fingerprint density at radius 2 is 1.69 bits per heavy atom. The van der Waals surface area contributed by atoms with Crippen LogP contribution >= 0.6 is 0 Å². The van der Waals surface area contributed by atoms with Crippen molar-refractivity contribution in [2.75, 3.05) is 0 Å². The molecule has 0 unspecified atom stereocenters. The largest absolute Gasteiger partial charge is 0.434 e. The molecular weight excluding hydrogens is 337 g/mol. The van der Waals surface area contributed by atoms with Gasteiger partial charge in [-0.05, 0) is 47.6 Å². The molecule has 0 aromatic heterocycles. The van der Waals surface area contributed by atoms with Crippen LogP contribution in [0.15, 0.2) is 54.6 Å². The van der Waals surface area contributed by atoms with Gasteiger partial charge in [0, 0.05) is 5.39 Å². The number of aryl methyl sites for hydroxylation is 1. The first-order valence-corrected chi connectivity index (χ1v) is 8.46. The third-order valence-electron chi connectivity index (χ3n) is 4.32. The highest BCUT2D eigenvalue weighted by atomic mass is 19.3. The van der Waals surface area contributed by atoms with Gasteiger partial charge in [0.25, 0.3) is 0 Å². The van der Waals surface area contributed by atoms with Gasteiger partial charge < -0.3 is 4.74 Å². The van der Waals surface area contributed by atoms with E-state index in [1.165, 1.54) is 17.7 Å². The molecule has 4 heteroatoms. The molecule has 0 aliphatic heterocycles. The molecule has 0 aliphatic carbocycles. The maximum atomic E-state index is 14.8. The predicted molar refractivity (Wildman–Crippen MR) is 100 cm³/mol. The van der Waals surface area contributed by atoms with Gasteiger partial charge in [-0.2, -0.15) is 8.78 Å². The molecule has 0 atom stereocenters. The van der Waals surface area contributed by atoms with E-state index in [1.54, 1.807) is 25.1 Å². The van der Waals surface area contributed by atoms with Gasteiger partial charge in [0.15, 0.2) is 0 Å². The number of hydrogen-bond acceptors (Lipinski definition) is 1. The Kier molecular flexibility index (Phi) is 5.31. The lowest BCUT2D eigenvalue weighted by molar-refractivity contribution is -0.0500. The van der Waals surface area contributed by atoms with Crippen molar-refractivity contribution in [1.82, 2.24) is 0 Å². The highest BCUT2D eigenvalue weighted by Gasteiger charge is 2.16. The molecule has 0 fully saturated rings. The van der Waals surface area contributed by atoms with E-state index in [0.717, 1.165) is 17.5 Å². The van der Waals surface area contributed by atoms with Crippen molar-refractivity contribution >= 4 is 16.8 Å². The maximum Gasteiger partial charge on any atom is 0.387 e. The molecule has 26 heavy (non-hydrogen) atoms. The zero-order valence-corrected chi connectivity index (χ0v) is 14.6. The first kappa shape index (κ1) is 18.1. The second-order valence-corrected chi connectivity index (χ2v) is 5.97.